The molecule has 0 spiro atoms. The van der Waals surface area contributed by atoms with Gasteiger partial charge in [-0.3, -0.25) is 4.79 Å². The van der Waals surface area contributed by atoms with E-state index in [0.717, 1.165) is 18.8 Å². The molecule has 0 aliphatic heterocycles. The highest BCUT2D eigenvalue weighted by atomic mass is 16.5. The van der Waals surface area contributed by atoms with Gasteiger partial charge >= 0.3 is 5.97 Å². The minimum atomic E-state index is -0.309. The molecule has 0 aromatic heterocycles. The van der Waals surface area contributed by atoms with Crippen LogP contribution in [-0.4, -0.2) is 12.1 Å². The highest BCUT2D eigenvalue weighted by molar-refractivity contribution is 5.76. The second kappa shape index (κ2) is 4.38. The molecule has 2 heteroatoms. The highest BCUT2D eigenvalue weighted by Gasteiger charge is 2.39. The largest absolute Gasteiger partial charge is 0.462 e. The zero-order chi connectivity index (χ0) is 11.8. The number of fused-ring (bicyclic) bond motifs is 3. The van der Waals surface area contributed by atoms with Crippen LogP contribution in [0.4, 0.5) is 0 Å². The van der Waals surface area contributed by atoms with Crippen LogP contribution in [0.3, 0.4) is 0 Å². The third kappa shape index (κ3) is 2.26. The van der Waals surface area contributed by atoms with Crippen LogP contribution in [0.15, 0.2) is 0 Å². The lowest BCUT2D eigenvalue weighted by atomic mass is 9.69. The third-order valence-electron chi connectivity index (χ3n) is 4.68. The summed E-state index contributed by atoms with van der Waals surface area (Å²) in [6.45, 7) is 6.01. The summed E-state index contributed by atoms with van der Waals surface area (Å²) in [5, 5.41) is 0. The molecule has 0 radical (unpaired) electrons. The summed E-state index contributed by atoms with van der Waals surface area (Å²) in [5.74, 6) is 1.49. The summed E-state index contributed by atoms with van der Waals surface area (Å²) >= 11 is 0. The monoisotopic (exact) mass is 224 g/mol. The van der Waals surface area contributed by atoms with Gasteiger partial charge in [0.2, 0.25) is 0 Å². The van der Waals surface area contributed by atoms with Crippen molar-refractivity contribution in [3.63, 3.8) is 0 Å². The number of hydrogen-bond acceptors (Lipinski definition) is 2. The second-order valence-electron chi connectivity index (χ2n) is 6.20. The van der Waals surface area contributed by atoms with Gasteiger partial charge in [0.25, 0.3) is 0 Å². The quantitative estimate of drug-likeness (QED) is 0.685. The van der Waals surface area contributed by atoms with Gasteiger partial charge < -0.3 is 4.74 Å². The molecule has 16 heavy (non-hydrogen) atoms. The Morgan fingerprint density at radius 3 is 2.31 bits per heavy atom. The fourth-order valence-electron chi connectivity index (χ4n) is 2.90. The lowest BCUT2D eigenvalue weighted by Gasteiger charge is -2.42. The van der Waals surface area contributed by atoms with Gasteiger partial charge in [-0.05, 0) is 64.2 Å². The SMILES string of the molecule is CCC(C)(C)C(=O)OC1CC2CCC1CC2. The Balaban J connectivity index is 1.93. The first-order valence-electron chi connectivity index (χ1n) is 6.74. The highest BCUT2D eigenvalue weighted by Crippen LogP contribution is 2.43. The van der Waals surface area contributed by atoms with Crippen LogP contribution >= 0.6 is 0 Å². The van der Waals surface area contributed by atoms with E-state index in [1.54, 1.807) is 0 Å². The smallest absolute Gasteiger partial charge is 0.311 e. The van der Waals surface area contributed by atoms with Crippen molar-refractivity contribution in [3.05, 3.63) is 0 Å². The number of rotatable bonds is 3. The maximum Gasteiger partial charge on any atom is 0.311 e. The van der Waals surface area contributed by atoms with Gasteiger partial charge in [0, 0.05) is 0 Å². The van der Waals surface area contributed by atoms with E-state index < -0.39 is 0 Å². The number of esters is 1. The van der Waals surface area contributed by atoms with Gasteiger partial charge in [0.05, 0.1) is 5.41 Å². The summed E-state index contributed by atoms with van der Waals surface area (Å²) in [7, 11) is 0. The molecule has 2 nitrogen and oxygen atoms in total. The number of carbonyl (C=O) groups excluding carboxylic acids is 1. The fraction of sp³-hybridized carbons (Fsp3) is 0.929. The molecule has 2 bridgehead atoms. The van der Waals surface area contributed by atoms with Crippen molar-refractivity contribution in [2.75, 3.05) is 0 Å². The Morgan fingerprint density at radius 2 is 1.88 bits per heavy atom. The van der Waals surface area contributed by atoms with Gasteiger partial charge in [-0.25, -0.2) is 0 Å². The predicted molar refractivity (Wildman–Crippen MR) is 64.0 cm³/mol. The molecule has 0 aromatic rings. The van der Waals surface area contributed by atoms with Gasteiger partial charge in [-0.2, -0.15) is 0 Å². The standard InChI is InChI=1S/C14H24O2/c1-4-14(2,3)13(15)16-12-9-10-5-7-11(12)8-6-10/h10-12H,4-9H2,1-3H3. The summed E-state index contributed by atoms with van der Waals surface area (Å²) in [4.78, 5) is 12.0. The normalized spacial score (nSPS) is 33.8. The molecule has 92 valence electrons. The Morgan fingerprint density at radius 1 is 1.25 bits per heavy atom. The van der Waals surface area contributed by atoms with E-state index in [-0.39, 0.29) is 17.5 Å². The van der Waals surface area contributed by atoms with E-state index in [4.69, 9.17) is 4.74 Å². The van der Waals surface area contributed by atoms with Crippen LogP contribution in [0.1, 0.15) is 59.3 Å². The topological polar surface area (TPSA) is 26.3 Å². The van der Waals surface area contributed by atoms with Crippen molar-refractivity contribution >= 4 is 5.97 Å². The Kier molecular flexibility index (Phi) is 3.27. The minimum absolute atomic E-state index is 0.00699. The van der Waals surface area contributed by atoms with E-state index in [1.165, 1.54) is 25.7 Å². The summed E-state index contributed by atoms with van der Waals surface area (Å²) < 4.78 is 5.74. The van der Waals surface area contributed by atoms with Crippen molar-refractivity contribution in [2.45, 2.75) is 65.4 Å². The van der Waals surface area contributed by atoms with Gasteiger partial charge in [0.15, 0.2) is 0 Å². The average Bonchev–Trinajstić information content (AvgIpc) is 2.30. The first-order chi connectivity index (χ1) is 7.53. The Hall–Kier alpha value is -0.530. The molecule has 1 unspecified atom stereocenters. The van der Waals surface area contributed by atoms with Crippen LogP contribution in [-0.2, 0) is 9.53 Å². The molecule has 0 saturated heterocycles. The van der Waals surface area contributed by atoms with E-state index >= 15 is 0 Å². The van der Waals surface area contributed by atoms with Crippen LogP contribution in [0.25, 0.3) is 0 Å². The number of hydrogen-bond donors (Lipinski definition) is 0. The van der Waals surface area contributed by atoms with Crippen LogP contribution in [0.2, 0.25) is 0 Å². The molecule has 0 amide bonds. The summed E-state index contributed by atoms with van der Waals surface area (Å²) in [5.41, 5.74) is -0.309. The molecular weight excluding hydrogens is 200 g/mol. The maximum absolute atomic E-state index is 12.0. The molecule has 0 aromatic carbocycles. The van der Waals surface area contributed by atoms with Crippen molar-refractivity contribution < 1.29 is 9.53 Å². The lowest BCUT2D eigenvalue weighted by Crippen LogP contribution is -2.40. The van der Waals surface area contributed by atoms with E-state index in [2.05, 4.69) is 0 Å². The Labute approximate surface area is 98.7 Å². The third-order valence-corrected chi connectivity index (χ3v) is 4.68. The zero-order valence-electron chi connectivity index (χ0n) is 10.8. The van der Waals surface area contributed by atoms with Crippen molar-refractivity contribution in [2.24, 2.45) is 17.3 Å². The predicted octanol–water partition coefficient (Wildman–Crippen LogP) is 3.54. The van der Waals surface area contributed by atoms with Crippen LogP contribution in [0, 0.1) is 17.3 Å². The molecule has 1 atom stereocenters. The number of ether oxygens (including phenoxy) is 1. The molecule has 3 aliphatic rings. The molecule has 0 heterocycles. The van der Waals surface area contributed by atoms with Crippen LogP contribution < -0.4 is 0 Å². The fourth-order valence-corrected chi connectivity index (χ4v) is 2.90. The first kappa shape index (κ1) is 11.9. The minimum Gasteiger partial charge on any atom is -0.462 e. The first-order valence-corrected chi connectivity index (χ1v) is 6.74. The van der Waals surface area contributed by atoms with Gasteiger partial charge in [-0.1, -0.05) is 6.92 Å². The molecule has 3 saturated carbocycles. The number of carbonyl (C=O) groups is 1. The van der Waals surface area contributed by atoms with Crippen LogP contribution in [0.5, 0.6) is 0 Å². The van der Waals surface area contributed by atoms with Gasteiger partial charge in [0.1, 0.15) is 6.10 Å². The maximum atomic E-state index is 12.0. The van der Waals surface area contributed by atoms with Crippen molar-refractivity contribution in [1.29, 1.82) is 0 Å². The Bertz CT molecular complexity index is 262. The average molecular weight is 224 g/mol. The zero-order valence-corrected chi connectivity index (χ0v) is 10.8. The molecule has 3 rings (SSSR count). The summed E-state index contributed by atoms with van der Waals surface area (Å²) in [6, 6.07) is 0. The van der Waals surface area contributed by atoms with E-state index in [0.29, 0.717) is 5.92 Å². The second-order valence-corrected chi connectivity index (χ2v) is 6.20. The van der Waals surface area contributed by atoms with Crippen molar-refractivity contribution in [3.8, 4) is 0 Å². The molecular formula is C14H24O2. The lowest BCUT2D eigenvalue weighted by molar-refractivity contribution is -0.168. The summed E-state index contributed by atoms with van der Waals surface area (Å²) in [6.07, 6.45) is 7.46. The molecule has 3 aliphatic carbocycles. The molecule has 3 fully saturated rings. The van der Waals surface area contributed by atoms with Crippen molar-refractivity contribution in [1.82, 2.24) is 0 Å². The van der Waals surface area contributed by atoms with E-state index in [1.807, 2.05) is 20.8 Å². The van der Waals surface area contributed by atoms with Gasteiger partial charge in [-0.15, -0.1) is 0 Å². The molecule has 0 N–H and O–H groups in total. The van der Waals surface area contributed by atoms with E-state index in [9.17, 15) is 4.79 Å².